The van der Waals surface area contributed by atoms with E-state index in [2.05, 4.69) is 25.3 Å². The number of aryl methyl sites for hydroxylation is 1. The first kappa shape index (κ1) is 24.2. The van der Waals surface area contributed by atoms with E-state index in [0.717, 1.165) is 46.1 Å². The van der Waals surface area contributed by atoms with Gasteiger partial charge in [-0.15, -0.1) is 0 Å². The van der Waals surface area contributed by atoms with Crippen molar-refractivity contribution < 1.29 is 14.3 Å². The van der Waals surface area contributed by atoms with Crippen molar-refractivity contribution in [2.75, 3.05) is 18.5 Å². The fourth-order valence-corrected chi connectivity index (χ4v) is 4.98. The Morgan fingerprint density at radius 3 is 2.57 bits per heavy atom. The number of fused-ring (bicyclic) bond motifs is 1. The number of anilines is 2. The van der Waals surface area contributed by atoms with E-state index in [1.807, 2.05) is 51.1 Å². The van der Waals surface area contributed by atoms with Crippen molar-refractivity contribution in [3.8, 4) is 16.9 Å². The molecule has 0 saturated carbocycles. The van der Waals surface area contributed by atoms with Crippen LogP contribution in [0.5, 0.6) is 0 Å². The molecule has 0 saturated heterocycles. The van der Waals surface area contributed by atoms with Crippen molar-refractivity contribution in [1.29, 1.82) is 0 Å². The van der Waals surface area contributed by atoms with Crippen LogP contribution >= 0.6 is 0 Å². The van der Waals surface area contributed by atoms with Crippen molar-refractivity contribution in [3.63, 3.8) is 0 Å². The van der Waals surface area contributed by atoms with E-state index in [1.165, 1.54) is 0 Å². The fourth-order valence-electron chi connectivity index (χ4n) is 4.98. The quantitative estimate of drug-likeness (QED) is 0.385. The van der Waals surface area contributed by atoms with Crippen molar-refractivity contribution in [2.45, 2.75) is 41.2 Å². The molecular weight excluding hydrogens is 470 g/mol. The Hall–Kier alpha value is -4.47. The minimum atomic E-state index is -0.366. The molecule has 0 unspecified atom stereocenters. The summed E-state index contributed by atoms with van der Waals surface area (Å²) in [6.07, 6.45) is 1.71. The van der Waals surface area contributed by atoms with Gasteiger partial charge < -0.3 is 19.9 Å². The van der Waals surface area contributed by atoms with Crippen molar-refractivity contribution in [3.05, 3.63) is 70.4 Å². The predicted octanol–water partition coefficient (Wildman–Crippen LogP) is 4.03. The number of nitrogens with zero attached hydrogens (tertiary/aromatic N) is 5. The third-order valence-corrected chi connectivity index (χ3v) is 6.65. The van der Waals surface area contributed by atoms with Crippen LogP contribution in [-0.2, 0) is 11.3 Å². The molecule has 4 aromatic rings. The van der Waals surface area contributed by atoms with Gasteiger partial charge in [0.2, 0.25) is 5.95 Å². The Bertz CT molecular complexity index is 1520. The minimum absolute atomic E-state index is 0.0532. The van der Waals surface area contributed by atoms with E-state index >= 15 is 0 Å². The molecule has 10 nitrogen and oxygen atoms in total. The Balaban J connectivity index is 1.40. The highest BCUT2D eigenvalue weighted by molar-refractivity contribution is 5.97. The Morgan fingerprint density at radius 1 is 1.11 bits per heavy atom. The van der Waals surface area contributed by atoms with Crippen molar-refractivity contribution in [1.82, 2.24) is 29.6 Å². The van der Waals surface area contributed by atoms with E-state index in [9.17, 15) is 9.59 Å². The highest BCUT2D eigenvalue weighted by Gasteiger charge is 2.26. The van der Waals surface area contributed by atoms with Gasteiger partial charge in [-0.3, -0.25) is 4.79 Å². The molecule has 37 heavy (non-hydrogen) atoms. The van der Waals surface area contributed by atoms with E-state index in [-0.39, 0.29) is 11.9 Å². The first-order valence-corrected chi connectivity index (χ1v) is 12.2. The monoisotopic (exact) mass is 499 g/mol. The second kappa shape index (κ2) is 9.53. The lowest BCUT2D eigenvalue weighted by Crippen LogP contribution is -2.35. The maximum absolute atomic E-state index is 12.4. The third kappa shape index (κ3) is 4.24. The fraction of sp³-hybridized carbons (Fsp3) is 0.296. The van der Waals surface area contributed by atoms with Crippen LogP contribution in [0.1, 0.15) is 50.4 Å². The molecular formula is C27H29N7O3. The molecule has 3 aromatic heterocycles. The summed E-state index contributed by atoms with van der Waals surface area (Å²) < 4.78 is 8.97. The Labute approximate surface area is 214 Å². The second-order valence-corrected chi connectivity index (χ2v) is 8.96. The van der Waals surface area contributed by atoms with Gasteiger partial charge in [-0.1, -0.05) is 0 Å². The predicted molar refractivity (Wildman–Crippen MR) is 140 cm³/mol. The maximum Gasteiger partial charge on any atom is 0.341 e. The van der Waals surface area contributed by atoms with Gasteiger partial charge in [0.05, 0.1) is 29.4 Å². The standard InChI is InChI=1S/C27H29N7O3/c1-6-37-26(36)23-16(3)32-34(18(23)5)20-9-7-19(8-10-20)30-27-29-12-11-21(31-27)22-15(2)24-25(35)28-13-14-33(24)17(22)4/h7-12H,6,13-14H2,1-5H3,(H,28,35)(H,29,30,31). The molecule has 1 amide bonds. The summed E-state index contributed by atoms with van der Waals surface area (Å²) in [6.45, 7) is 11.1. The summed E-state index contributed by atoms with van der Waals surface area (Å²) in [4.78, 5) is 33.9. The molecule has 10 heteroatoms. The number of rotatable bonds is 6. The minimum Gasteiger partial charge on any atom is -0.462 e. The number of benzene rings is 1. The van der Waals surface area contributed by atoms with E-state index < -0.39 is 0 Å². The SMILES string of the molecule is CCOC(=O)c1c(C)nn(-c2ccc(Nc3nccc(-c4c(C)c5n(c4C)CCNC5=O)n3)cc2)c1C. The van der Waals surface area contributed by atoms with Gasteiger partial charge in [-0.2, -0.15) is 5.10 Å². The number of nitrogens with one attached hydrogen (secondary N) is 2. The third-order valence-electron chi connectivity index (χ3n) is 6.65. The van der Waals surface area contributed by atoms with Gasteiger partial charge in [-0.05, 0) is 70.5 Å². The first-order valence-electron chi connectivity index (χ1n) is 12.2. The van der Waals surface area contributed by atoms with E-state index in [0.29, 0.717) is 36.1 Å². The molecule has 4 heterocycles. The van der Waals surface area contributed by atoms with Gasteiger partial charge in [0.25, 0.3) is 5.91 Å². The normalized spacial score (nSPS) is 12.7. The van der Waals surface area contributed by atoms with Crippen LogP contribution in [0, 0.1) is 27.7 Å². The summed E-state index contributed by atoms with van der Waals surface area (Å²) in [5, 5.41) is 10.7. The van der Waals surface area contributed by atoms with Gasteiger partial charge >= 0.3 is 5.97 Å². The lowest BCUT2D eigenvalue weighted by molar-refractivity contribution is 0.0524. The molecule has 0 aliphatic carbocycles. The number of carbonyl (C=O) groups excluding carboxylic acids is 2. The van der Waals surface area contributed by atoms with E-state index in [4.69, 9.17) is 9.72 Å². The number of aromatic nitrogens is 5. The molecule has 1 aromatic carbocycles. The van der Waals surface area contributed by atoms with Crippen LogP contribution in [0.2, 0.25) is 0 Å². The van der Waals surface area contributed by atoms with Gasteiger partial charge in [-0.25, -0.2) is 19.4 Å². The summed E-state index contributed by atoms with van der Waals surface area (Å²) >= 11 is 0. The Kier molecular flexibility index (Phi) is 6.24. The number of ether oxygens (including phenoxy) is 1. The first-order chi connectivity index (χ1) is 17.8. The molecule has 2 N–H and O–H groups in total. The molecule has 5 rings (SSSR count). The molecule has 0 radical (unpaired) electrons. The van der Waals surface area contributed by atoms with E-state index in [1.54, 1.807) is 24.7 Å². The molecule has 1 aliphatic rings. The number of esters is 1. The van der Waals surface area contributed by atoms with Crippen LogP contribution in [-0.4, -0.2) is 49.3 Å². The average Bonchev–Trinajstić information content (AvgIpc) is 3.32. The number of amides is 1. The largest absolute Gasteiger partial charge is 0.462 e. The highest BCUT2D eigenvalue weighted by atomic mass is 16.5. The van der Waals surface area contributed by atoms with Crippen LogP contribution in [0.3, 0.4) is 0 Å². The van der Waals surface area contributed by atoms with Crippen LogP contribution in [0.25, 0.3) is 16.9 Å². The molecule has 0 fully saturated rings. The summed E-state index contributed by atoms with van der Waals surface area (Å²) in [7, 11) is 0. The van der Waals surface area contributed by atoms with Gasteiger partial charge in [0.15, 0.2) is 0 Å². The summed E-state index contributed by atoms with van der Waals surface area (Å²) in [5.74, 6) is 0.0326. The highest BCUT2D eigenvalue weighted by Crippen LogP contribution is 2.32. The second-order valence-electron chi connectivity index (χ2n) is 8.96. The molecule has 0 bridgehead atoms. The van der Waals surface area contributed by atoms with Crippen LogP contribution in [0.15, 0.2) is 36.5 Å². The summed E-state index contributed by atoms with van der Waals surface area (Å²) in [6, 6.07) is 9.50. The zero-order valence-electron chi connectivity index (χ0n) is 21.5. The number of hydrogen-bond donors (Lipinski definition) is 2. The Morgan fingerprint density at radius 2 is 1.86 bits per heavy atom. The molecule has 0 spiro atoms. The van der Waals surface area contributed by atoms with Crippen molar-refractivity contribution >= 4 is 23.5 Å². The van der Waals surface area contributed by atoms with Gasteiger partial charge in [0.1, 0.15) is 11.3 Å². The van der Waals surface area contributed by atoms with Crippen molar-refractivity contribution in [2.24, 2.45) is 0 Å². The zero-order chi connectivity index (χ0) is 26.3. The van der Waals surface area contributed by atoms with Crippen LogP contribution < -0.4 is 10.6 Å². The molecule has 190 valence electrons. The molecule has 0 atom stereocenters. The smallest absolute Gasteiger partial charge is 0.341 e. The summed E-state index contributed by atoms with van der Waals surface area (Å²) in [5.41, 5.74) is 7.79. The lowest BCUT2D eigenvalue weighted by atomic mass is 10.1. The number of hydrogen-bond acceptors (Lipinski definition) is 7. The topological polar surface area (TPSA) is 116 Å². The number of carbonyl (C=O) groups is 2. The zero-order valence-corrected chi connectivity index (χ0v) is 21.5. The van der Waals surface area contributed by atoms with Crippen LogP contribution in [0.4, 0.5) is 11.6 Å². The molecule has 1 aliphatic heterocycles. The van der Waals surface area contributed by atoms with Gasteiger partial charge in [0, 0.05) is 36.2 Å². The average molecular weight is 500 g/mol. The lowest BCUT2D eigenvalue weighted by Gasteiger charge is -2.17. The maximum atomic E-state index is 12.4.